The molecule has 136 valence electrons. The zero-order valence-corrected chi connectivity index (χ0v) is 13.7. The third-order valence-corrected chi connectivity index (χ3v) is 4.23. The molecule has 0 amide bonds. The first kappa shape index (κ1) is 17.9. The maximum Gasteiger partial charge on any atom is 0.137 e. The number of likely N-dealkylation sites (N-methyl/N-ethyl adjacent to an activating group) is 1. The van der Waals surface area contributed by atoms with Gasteiger partial charge in [0.05, 0.1) is 12.8 Å². The molecule has 0 spiro atoms. The normalized spacial score (nSPS) is 29.7. The van der Waals surface area contributed by atoms with E-state index in [-0.39, 0.29) is 0 Å². The van der Waals surface area contributed by atoms with Gasteiger partial charge in [0.25, 0.3) is 0 Å². The summed E-state index contributed by atoms with van der Waals surface area (Å²) < 4.78 is 20.2. The van der Waals surface area contributed by atoms with Crippen LogP contribution in [0.5, 0.6) is 0 Å². The van der Waals surface area contributed by atoms with Gasteiger partial charge in [0.2, 0.25) is 0 Å². The second kappa shape index (κ2) is 7.54. The summed E-state index contributed by atoms with van der Waals surface area (Å²) in [7, 11) is 0. The Morgan fingerprint density at radius 3 is 2.80 bits per heavy atom. The third kappa shape index (κ3) is 3.55. The fourth-order valence-electron chi connectivity index (χ4n) is 2.99. The first-order valence-electron chi connectivity index (χ1n) is 8.08. The molecule has 0 radical (unpaired) electrons. The number of aromatic nitrogens is 3. The van der Waals surface area contributed by atoms with Gasteiger partial charge in [-0.2, -0.15) is 0 Å². The van der Waals surface area contributed by atoms with Gasteiger partial charge in [-0.1, -0.05) is 24.3 Å². The summed E-state index contributed by atoms with van der Waals surface area (Å²) in [5.41, 5.74) is 0.940. The molecule has 0 aliphatic carbocycles. The Hall–Kier alpha value is -1.91. The zero-order chi connectivity index (χ0) is 18.0. The van der Waals surface area contributed by atoms with Crippen LogP contribution in [-0.4, -0.2) is 68.0 Å². The van der Waals surface area contributed by atoms with Crippen molar-refractivity contribution in [2.24, 2.45) is 0 Å². The Balaban J connectivity index is 1.90. The topological polar surface area (TPSA) is 113 Å². The van der Waals surface area contributed by atoms with Gasteiger partial charge < -0.3 is 20.1 Å². The van der Waals surface area contributed by atoms with Gasteiger partial charge in [-0.3, -0.25) is 5.32 Å². The number of hydrogen-bond donors (Lipinski definition) is 4. The molecule has 4 N–H and O–H groups in total. The van der Waals surface area contributed by atoms with Crippen LogP contribution in [0, 0.1) is 5.82 Å². The SMILES string of the molecule is CCN[C@@H]1OC(CO)[C@H](O)C(n2cc(-c3cccc(F)c3)nn2)[C@@H]1O. The number of aliphatic hydroxyl groups excluding tert-OH is 3. The van der Waals surface area contributed by atoms with Crippen LogP contribution in [0.3, 0.4) is 0 Å². The third-order valence-electron chi connectivity index (χ3n) is 4.23. The second-order valence-electron chi connectivity index (χ2n) is 5.90. The lowest BCUT2D eigenvalue weighted by molar-refractivity contribution is -0.213. The van der Waals surface area contributed by atoms with E-state index in [2.05, 4.69) is 15.6 Å². The van der Waals surface area contributed by atoms with Gasteiger partial charge in [0.1, 0.15) is 42.1 Å². The van der Waals surface area contributed by atoms with Crippen molar-refractivity contribution in [2.75, 3.05) is 13.2 Å². The molecule has 1 fully saturated rings. The van der Waals surface area contributed by atoms with E-state index in [0.29, 0.717) is 17.8 Å². The van der Waals surface area contributed by atoms with Gasteiger partial charge in [0, 0.05) is 5.56 Å². The molecular formula is C16H21FN4O4. The molecule has 25 heavy (non-hydrogen) atoms. The van der Waals surface area contributed by atoms with E-state index in [9.17, 15) is 19.7 Å². The number of benzene rings is 1. The van der Waals surface area contributed by atoms with Crippen molar-refractivity contribution < 1.29 is 24.4 Å². The number of rotatable bonds is 5. The molecule has 1 aliphatic rings. The summed E-state index contributed by atoms with van der Waals surface area (Å²) in [6, 6.07) is 5.03. The van der Waals surface area contributed by atoms with Crippen LogP contribution in [0.1, 0.15) is 13.0 Å². The summed E-state index contributed by atoms with van der Waals surface area (Å²) in [6.45, 7) is 1.98. The van der Waals surface area contributed by atoms with Crippen molar-refractivity contribution in [1.29, 1.82) is 0 Å². The van der Waals surface area contributed by atoms with E-state index in [1.807, 2.05) is 6.92 Å². The van der Waals surface area contributed by atoms with Crippen LogP contribution >= 0.6 is 0 Å². The lowest BCUT2D eigenvalue weighted by atomic mass is 9.95. The fraction of sp³-hybridized carbons (Fsp3) is 0.500. The van der Waals surface area contributed by atoms with Crippen molar-refractivity contribution in [1.82, 2.24) is 20.3 Å². The summed E-state index contributed by atoms with van der Waals surface area (Å²) in [5.74, 6) is -0.397. The first-order chi connectivity index (χ1) is 12.0. The van der Waals surface area contributed by atoms with Crippen LogP contribution < -0.4 is 5.32 Å². The minimum absolute atomic E-state index is 0.397. The molecule has 1 saturated heterocycles. The molecule has 3 rings (SSSR count). The van der Waals surface area contributed by atoms with E-state index < -0.39 is 43.0 Å². The predicted molar refractivity (Wildman–Crippen MR) is 85.9 cm³/mol. The number of nitrogens with zero attached hydrogens (tertiary/aromatic N) is 3. The average molecular weight is 352 g/mol. The van der Waals surface area contributed by atoms with Crippen LogP contribution in [0.2, 0.25) is 0 Å². The highest BCUT2D eigenvalue weighted by Crippen LogP contribution is 2.30. The highest BCUT2D eigenvalue weighted by Gasteiger charge is 2.45. The van der Waals surface area contributed by atoms with Crippen LogP contribution in [0.15, 0.2) is 30.5 Å². The molecule has 1 aromatic heterocycles. The minimum atomic E-state index is -1.18. The van der Waals surface area contributed by atoms with Gasteiger partial charge in [-0.05, 0) is 18.7 Å². The Bertz CT molecular complexity index is 713. The van der Waals surface area contributed by atoms with Crippen molar-refractivity contribution in [3.63, 3.8) is 0 Å². The van der Waals surface area contributed by atoms with Crippen molar-refractivity contribution in [3.8, 4) is 11.3 Å². The Morgan fingerprint density at radius 1 is 1.32 bits per heavy atom. The van der Waals surface area contributed by atoms with E-state index in [4.69, 9.17) is 4.74 Å². The molecule has 8 nitrogen and oxygen atoms in total. The van der Waals surface area contributed by atoms with Gasteiger partial charge >= 0.3 is 0 Å². The molecule has 1 aromatic carbocycles. The van der Waals surface area contributed by atoms with Crippen molar-refractivity contribution >= 4 is 0 Å². The summed E-state index contributed by atoms with van der Waals surface area (Å²) >= 11 is 0. The van der Waals surface area contributed by atoms with Crippen LogP contribution in [0.4, 0.5) is 4.39 Å². The monoisotopic (exact) mass is 352 g/mol. The van der Waals surface area contributed by atoms with E-state index in [1.54, 1.807) is 12.1 Å². The largest absolute Gasteiger partial charge is 0.394 e. The standard InChI is InChI=1S/C16H21FN4O4/c1-2-18-16-15(24)13(14(23)12(8-22)25-16)21-7-11(19-20-21)9-4-3-5-10(17)6-9/h3-7,12-16,18,22-24H,2,8H2,1H3/t12?,13?,14-,15-,16+/m0/s1. The van der Waals surface area contributed by atoms with Crippen LogP contribution in [0.25, 0.3) is 11.3 Å². The van der Waals surface area contributed by atoms with Crippen LogP contribution in [-0.2, 0) is 4.74 Å². The smallest absolute Gasteiger partial charge is 0.137 e. The lowest BCUT2D eigenvalue weighted by Crippen LogP contribution is -2.60. The maximum atomic E-state index is 13.4. The predicted octanol–water partition coefficient (Wildman–Crippen LogP) is -0.326. The quantitative estimate of drug-likeness (QED) is 0.583. The molecule has 2 unspecified atom stereocenters. The molecule has 0 saturated carbocycles. The number of hydrogen-bond acceptors (Lipinski definition) is 7. The Morgan fingerprint density at radius 2 is 2.12 bits per heavy atom. The minimum Gasteiger partial charge on any atom is -0.394 e. The van der Waals surface area contributed by atoms with E-state index >= 15 is 0 Å². The van der Waals surface area contributed by atoms with Gasteiger partial charge in [-0.25, -0.2) is 9.07 Å². The Labute approximate surface area is 143 Å². The molecule has 2 aromatic rings. The van der Waals surface area contributed by atoms with Gasteiger partial charge in [0.15, 0.2) is 0 Å². The maximum absolute atomic E-state index is 13.4. The molecule has 2 heterocycles. The molecular weight excluding hydrogens is 331 g/mol. The van der Waals surface area contributed by atoms with E-state index in [0.717, 1.165) is 0 Å². The number of halogens is 1. The summed E-state index contributed by atoms with van der Waals surface area (Å²) in [5, 5.41) is 41.3. The second-order valence-corrected chi connectivity index (χ2v) is 5.90. The molecule has 1 aliphatic heterocycles. The lowest BCUT2D eigenvalue weighted by Gasteiger charge is -2.42. The molecule has 0 bridgehead atoms. The van der Waals surface area contributed by atoms with Crippen molar-refractivity contribution in [2.45, 2.75) is 37.5 Å². The van der Waals surface area contributed by atoms with E-state index in [1.165, 1.54) is 23.0 Å². The average Bonchev–Trinajstić information content (AvgIpc) is 3.07. The zero-order valence-electron chi connectivity index (χ0n) is 13.7. The number of nitrogens with one attached hydrogen (secondary N) is 1. The van der Waals surface area contributed by atoms with Gasteiger partial charge in [-0.15, -0.1) is 5.10 Å². The Kier molecular flexibility index (Phi) is 5.40. The summed E-state index contributed by atoms with van der Waals surface area (Å²) in [4.78, 5) is 0. The highest BCUT2D eigenvalue weighted by molar-refractivity contribution is 5.57. The number of aliphatic hydroxyl groups is 3. The highest BCUT2D eigenvalue weighted by atomic mass is 19.1. The summed E-state index contributed by atoms with van der Waals surface area (Å²) in [6.07, 6.45) is -2.41. The van der Waals surface area contributed by atoms with Crippen molar-refractivity contribution in [3.05, 3.63) is 36.3 Å². The molecule has 9 heteroatoms. The molecule has 5 atom stereocenters. The fourth-order valence-corrected chi connectivity index (χ4v) is 2.99. The number of ether oxygens (including phenoxy) is 1. The first-order valence-corrected chi connectivity index (χ1v) is 8.08.